The van der Waals surface area contributed by atoms with Gasteiger partial charge in [0.2, 0.25) is 15.9 Å². The van der Waals surface area contributed by atoms with Crippen molar-refractivity contribution >= 4 is 38.9 Å². The zero-order chi connectivity index (χ0) is 17.7. The van der Waals surface area contributed by atoms with Crippen LogP contribution >= 0.6 is 11.6 Å². The molecule has 2 aromatic rings. The van der Waals surface area contributed by atoms with Crippen LogP contribution in [0.3, 0.4) is 0 Å². The van der Waals surface area contributed by atoms with Crippen molar-refractivity contribution in [2.24, 2.45) is 0 Å². The van der Waals surface area contributed by atoms with Crippen molar-refractivity contribution in [1.29, 1.82) is 0 Å². The Labute approximate surface area is 146 Å². The second-order valence-electron chi connectivity index (χ2n) is 5.03. The lowest BCUT2D eigenvalue weighted by atomic mass is 10.3. The number of rotatable bonds is 6. The van der Waals surface area contributed by atoms with Crippen LogP contribution in [0.1, 0.15) is 0 Å². The molecule has 24 heavy (non-hydrogen) atoms. The third-order valence-electron chi connectivity index (χ3n) is 3.16. The fourth-order valence-electron chi connectivity index (χ4n) is 2.05. The first-order valence-electron chi connectivity index (χ1n) is 6.97. The molecule has 8 heteroatoms. The molecule has 0 unspecified atom stereocenters. The van der Waals surface area contributed by atoms with E-state index in [0.29, 0.717) is 22.1 Å². The number of benzene rings is 2. The van der Waals surface area contributed by atoms with Gasteiger partial charge in [-0.2, -0.15) is 0 Å². The summed E-state index contributed by atoms with van der Waals surface area (Å²) in [6.45, 7) is -0.350. The fraction of sp³-hybridized carbons (Fsp3) is 0.188. The van der Waals surface area contributed by atoms with Crippen LogP contribution in [0.2, 0.25) is 5.02 Å². The summed E-state index contributed by atoms with van der Waals surface area (Å²) in [4.78, 5) is 12.2. The lowest BCUT2D eigenvalue weighted by molar-refractivity contribution is -0.114. The first kappa shape index (κ1) is 18.1. The number of hydrogen-bond acceptors (Lipinski definition) is 4. The van der Waals surface area contributed by atoms with E-state index in [9.17, 15) is 13.2 Å². The molecule has 0 spiro atoms. The molecule has 128 valence electrons. The number of ether oxygens (including phenoxy) is 1. The van der Waals surface area contributed by atoms with Crippen molar-refractivity contribution in [3.05, 3.63) is 53.6 Å². The molecule has 6 nitrogen and oxygen atoms in total. The smallest absolute Gasteiger partial charge is 0.245 e. The Kier molecular flexibility index (Phi) is 5.69. The Hall–Kier alpha value is -2.25. The number of anilines is 2. The number of nitrogens with zero attached hydrogens (tertiary/aromatic N) is 1. The van der Waals surface area contributed by atoms with Crippen molar-refractivity contribution in [3.63, 3.8) is 0 Å². The molecule has 0 heterocycles. The average molecular weight is 369 g/mol. The van der Waals surface area contributed by atoms with E-state index in [1.165, 1.54) is 7.11 Å². The third-order valence-corrected chi connectivity index (χ3v) is 4.53. The van der Waals surface area contributed by atoms with Crippen molar-refractivity contribution < 1.29 is 17.9 Å². The molecule has 0 radical (unpaired) electrons. The molecular weight excluding hydrogens is 352 g/mol. The van der Waals surface area contributed by atoms with Crippen LogP contribution in [0.5, 0.6) is 5.75 Å². The third kappa shape index (κ3) is 4.87. The van der Waals surface area contributed by atoms with E-state index < -0.39 is 15.9 Å². The van der Waals surface area contributed by atoms with Gasteiger partial charge in [0, 0.05) is 10.7 Å². The second-order valence-corrected chi connectivity index (χ2v) is 7.37. The van der Waals surface area contributed by atoms with Gasteiger partial charge in [0.05, 0.1) is 19.1 Å². The molecule has 0 bridgehead atoms. The van der Waals surface area contributed by atoms with Crippen LogP contribution in [-0.2, 0) is 14.8 Å². The Morgan fingerprint density at radius 3 is 2.42 bits per heavy atom. The zero-order valence-electron chi connectivity index (χ0n) is 13.2. The van der Waals surface area contributed by atoms with Gasteiger partial charge >= 0.3 is 0 Å². The van der Waals surface area contributed by atoms with E-state index in [4.69, 9.17) is 16.3 Å². The minimum Gasteiger partial charge on any atom is -0.497 e. The van der Waals surface area contributed by atoms with E-state index in [-0.39, 0.29) is 6.54 Å². The maximum Gasteiger partial charge on any atom is 0.245 e. The molecule has 1 amide bonds. The number of halogens is 1. The summed E-state index contributed by atoms with van der Waals surface area (Å²) in [6.07, 6.45) is 1.05. The first-order chi connectivity index (χ1) is 11.3. The van der Waals surface area contributed by atoms with E-state index in [2.05, 4.69) is 5.32 Å². The van der Waals surface area contributed by atoms with Gasteiger partial charge < -0.3 is 10.1 Å². The number of carbonyl (C=O) groups is 1. The highest BCUT2D eigenvalue weighted by Crippen LogP contribution is 2.21. The van der Waals surface area contributed by atoms with Crippen LogP contribution in [0.4, 0.5) is 11.4 Å². The largest absolute Gasteiger partial charge is 0.497 e. The van der Waals surface area contributed by atoms with Gasteiger partial charge in [-0.1, -0.05) is 17.7 Å². The second kappa shape index (κ2) is 7.55. The number of amides is 1. The van der Waals surface area contributed by atoms with Crippen LogP contribution in [0, 0.1) is 0 Å². The summed E-state index contributed by atoms with van der Waals surface area (Å²) in [6, 6.07) is 13.0. The van der Waals surface area contributed by atoms with Gasteiger partial charge in [0.1, 0.15) is 12.3 Å². The molecule has 2 aromatic carbocycles. The van der Waals surface area contributed by atoms with Crippen LogP contribution in [0.25, 0.3) is 0 Å². The van der Waals surface area contributed by atoms with Crippen LogP contribution < -0.4 is 14.4 Å². The van der Waals surface area contributed by atoms with E-state index in [1.54, 1.807) is 48.5 Å². The predicted octanol–water partition coefficient (Wildman–Crippen LogP) is 2.75. The Morgan fingerprint density at radius 2 is 1.88 bits per heavy atom. The van der Waals surface area contributed by atoms with Crippen LogP contribution in [0.15, 0.2) is 48.5 Å². The number of sulfonamides is 1. The molecule has 0 saturated heterocycles. The van der Waals surface area contributed by atoms with Crippen molar-refractivity contribution in [2.75, 3.05) is 29.5 Å². The molecule has 0 atom stereocenters. The molecule has 0 fully saturated rings. The molecule has 0 aliphatic carbocycles. The predicted molar refractivity (Wildman–Crippen MR) is 95.3 cm³/mol. The lowest BCUT2D eigenvalue weighted by Crippen LogP contribution is -2.37. The molecule has 0 aromatic heterocycles. The highest BCUT2D eigenvalue weighted by Gasteiger charge is 2.21. The summed E-state index contributed by atoms with van der Waals surface area (Å²) in [5, 5.41) is 3.10. The average Bonchev–Trinajstić information content (AvgIpc) is 2.52. The van der Waals surface area contributed by atoms with Crippen molar-refractivity contribution in [2.45, 2.75) is 0 Å². The molecule has 0 saturated carbocycles. The molecule has 0 aliphatic rings. The highest BCUT2D eigenvalue weighted by atomic mass is 35.5. The lowest BCUT2D eigenvalue weighted by Gasteiger charge is -2.22. The molecule has 0 aliphatic heterocycles. The van der Waals surface area contributed by atoms with Gasteiger partial charge in [0.25, 0.3) is 0 Å². The molecule has 1 N–H and O–H groups in total. The Morgan fingerprint density at radius 1 is 1.21 bits per heavy atom. The summed E-state index contributed by atoms with van der Waals surface area (Å²) >= 11 is 5.86. The quantitative estimate of drug-likeness (QED) is 0.850. The minimum atomic E-state index is -3.63. The topological polar surface area (TPSA) is 75.7 Å². The van der Waals surface area contributed by atoms with Gasteiger partial charge in [-0.15, -0.1) is 0 Å². The van der Waals surface area contributed by atoms with Crippen molar-refractivity contribution in [3.8, 4) is 5.75 Å². The summed E-state index contributed by atoms with van der Waals surface area (Å²) in [7, 11) is -2.11. The Bertz CT molecular complexity index is 822. The SMILES string of the molecule is COc1ccc(N(CC(=O)Nc2cccc(Cl)c2)S(C)(=O)=O)cc1. The number of hydrogen-bond donors (Lipinski definition) is 1. The maximum atomic E-state index is 12.2. The molecule has 2 rings (SSSR count). The number of methoxy groups -OCH3 is 1. The number of nitrogens with one attached hydrogen (secondary N) is 1. The first-order valence-corrected chi connectivity index (χ1v) is 9.19. The minimum absolute atomic E-state index is 0.350. The summed E-state index contributed by atoms with van der Waals surface area (Å²) < 4.78 is 30.1. The Balaban J connectivity index is 2.18. The maximum absolute atomic E-state index is 12.2. The van der Waals surface area contributed by atoms with Crippen molar-refractivity contribution in [1.82, 2.24) is 0 Å². The van der Waals surface area contributed by atoms with E-state index in [1.807, 2.05) is 0 Å². The summed E-state index contributed by atoms with van der Waals surface area (Å²) in [5.74, 6) is 0.120. The highest BCUT2D eigenvalue weighted by molar-refractivity contribution is 7.92. The van der Waals surface area contributed by atoms with E-state index >= 15 is 0 Å². The van der Waals surface area contributed by atoms with Crippen LogP contribution in [-0.4, -0.2) is 34.2 Å². The fourth-order valence-corrected chi connectivity index (χ4v) is 3.09. The number of carbonyl (C=O) groups excluding carboxylic acids is 1. The monoisotopic (exact) mass is 368 g/mol. The van der Waals surface area contributed by atoms with Gasteiger partial charge in [-0.05, 0) is 42.5 Å². The van der Waals surface area contributed by atoms with Gasteiger partial charge in [-0.3, -0.25) is 9.10 Å². The summed E-state index contributed by atoms with van der Waals surface area (Å²) in [5.41, 5.74) is 0.871. The standard InChI is InChI=1S/C16H17ClN2O4S/c1-23-15-8-6-14(7-9-15)19(24(2,21)22)11-16(20)18-13-5-3-4-12(17)10-13/h3-10H,11H2,1-2H3,(H,18,20). The normalized spacial score (nSPS) is 11.0. The molecular formula is C16H17ClN2O4S. The van der Waals surface area contributed by atoms with Gasteiger partial charge in [-0.25, -0.2) is 8.42 Å². The van der Waals surface area contributed by atoms with Gasteiger partial charge in [0.15, 0.2) is 0 Å². The zero-order valence-corrected chi connectivity index (χ0v) is 14.8. The van der Waals surface area contributed by atoms with E-state index in [0.717, 1.165) is 10.6 Å².